The van der Waals surface area contributed by atoms with Crippen molar-refractivity contribution >= 4 is 11.9 Å². The van der Waals surface area contributed by atoms with Gasteiger partial charge in [0.15, 0.2) is 5.66 Å². The molecule has 0 radical (unpaired) electrons. The number of carboxylic acids is 1. The van der Waals surface area contributed by atoms with Gasteiger partial charge in [-0.3, -0.25) is 4.79 Å². The molecule has 0 spiro atoms. The standard InChI is InChI=1S/C18H19N3O3/c1-2-3-9-18(20-21-18)10-8-15(22)19-17(16(23)24)11-13-6-4-5-7-14(13)12-17/h1,4-7H,3,8-12H2,(H,19,22)(H,23,24). The summed E-state index contributed by atoms with van der Waals surface area (Å²) in [5.41, 5.74) is 0.152. The summed E-state index contributed by atoms with van der Waals surface area (Å²) < 4.78 is 0. The lowest BCUT2D eigenvalue weighted by Gasteiger charge is -2.25. The van der Waals surface area contributed by atoms with Gasteiger partial charge in [-0.15, -0.1) is 12.3 Å². The number of carbonyl (C=O) groups is 2. The monoisotopic (exact) mass is 325 g/mol. The van der Waals surface area contributed by atoms with Crippen LogP contribution in [-0.4, -0.2) is 28.2 Å². The van der Waals surface area contributed by atoms with Crippen molar-refractivity contribution in [1.29, 1.82) is 0 Å². The van der Waals surface area contributed by atoms with Crippen molar-refractivity contribution in [2.75, 3.05) is 0 Å². The first kappa shape index (κ1) is 16.2. The summed E-state index contributed by atoms with van der Waals surface area (Å²) in [6.45, 7) is 0. The normalized spacial score (nSPS) is 18.5. The summed E-state index contributed by atoms with van der Waals surface area (Å²) in [6.07, 6.45) is 7.69. The van der Waals surface area contributed by atoms with Gasteiger partial charge in [0.25, 0.3) is 0 Å². The number of benzene rings is 1. The van der Waals surface area contributed by atoms with E-state index in [-0.39, 0.29) is 12.3 Å². The summed E-state index contributed by atoms with van der Waals surface area (Å²) in [7, 11) is 0. The van der Waals surface area contributed by atoms with E-state index in [1.807, 2.05) is 24.3 Å². The Morgan fingerprint density at radius 2 is 1.83 bits per heavy atom. The fourth-order valence-electron chi connectivity index (χ4n) is 3.22. The molecule has 1 aliphatic carbocycles. The van der Waals surface area contributed by atoms with Crippen molar-refractivity contribution in [3.05, 3.63) is 35.4 Å². The van der Waals surface area contributed by atoms with Crippen LogP contribution >= 0.6 is 0 Å². The van der Waals surface area contributed by atoms with E-state index in [4.69, 9.17) is 6.42 Å². The zero-order valence-electron chi connectivity index (χ0n) is 13.3. The first-order chi connectivity index (χ1) is 11.5. The molecule has 2 N–H and O–H groups in total. The molecule has 1 amide bonds. The predicted molar refractivity (Wildman–Crippen MR) is 87.2 cm³/mol. The Bertz CT molecular complexity index is 717. The highest BCUT2D eigenvalue weighted by atomic mass is 16.4. The molecule has 1 heterocycles. The van der Waals surface area contributed by atoms with E-state index in [0.29, 0.717) is 32.1 Å². The van der Waals surface area contributed by atoms with Crippen LogP contribution in [0.25, 0.3) is 0 Å². The van der Waals surface area contributed by atoms with Gasteiger partial charge < -0.3 is 10.4 Å². The molecule has 0 fully saturated rings. The second-order valence-corrected chi connectivity index (χ2v) is 6.44. The zero-order chi connectivity index (χ0) is 17.2. The van der Waals surface area contributed by atoms with E-state index >= 15 is 0 Å². The lowest BCUT2D eigenvalue weighted by Crippen LogP contribution is -2.55. The minimum Gasteiger partial charge on any atom is -0.479 e. The van der Waals surface area contributed by atoms with Crippen molar-refractivity contribution in [1.82, 2.24) is 5.32 Å². The number of terminal acetylenes is 1. The smallest absolute Gasteiger partial charge is 0.330 e. The van der Waals surface area contributed by atoms with Crippen molar-refractivity contribution in [3.8, 4) is 12.3 Å². The summed E-state index contributed by atoms with van der Waals surface area (Å²) in [6, 6.07) is 7.57. The lowest BCUT2D eigenvalue weighted by atomic mass is 9.94. The van der Waals surface area contributed by atoms with E-state index in [9.17, 15) is 14.7 Å². The maximum Gasteiger partial charge on any atom is 0.330 e. The Balaban J connectivity index is 1.60. The quantitative estimate of drug-likeness (QED) is 0.752. The molecule has 24 heavy (non-hydrogen) atoms. The number of fused-ring (bicyclic) bond motifs is 1. The largest absolute Gasteiger partial charge is 0.479 e. The van der Waals surface area contributed by atoms with Gasteiger partial charge in [0, 0.05) is 38.5 Å². The third-order valence-electron chi connectivity index (χ3n) is 4.70. The molecule has 0 bridgehead atoms. The first-order valence-corrected chi connectivity index (χ1v) is 7.97. The van der Waals surface area contributed by atoms with Crippen LogP contribution in [0.15, 0.2) is 34.5 Å². The number of nitrogens with one attached hydrogen (secondary N) is 1. The van der Waals surface area contributed by atoms with Crippen molar-refractivity contribution in [2.24, 2.45) is 10.2 Å². The van der Waals surface area contributed by atoms with Crippen LogP contribution in [0.2, 0.25) is 0 Å². The summed E-state index contributed by atoms with van der Waals surface area (Å²) in [4.78, 5) is 24.1. The van der Waals surface area contributed by atoms with Crippen molar-refractivity contribution in [3.63, 3.8) is 0 Å². The molecule has 1 aromatic rings. The second-order valence-electron chi connectivity index (χ2n) is 6.44. The lowest BCUT2D eigenvalue weighted by molar-refractivity contribution is -0.147. The molecule has 0 aromatic heterocycles. The third-order valence-corrected chi connectivity index (χ3v) is 4.70. The van der Waals surface area contributed by atoms with Gasteiger partial charge in [0.05, 0.1) is 0 Å². The number of rotatable bonds is 7. The van der Waals surface area contributed by atoms with Crippen molar-refractivity contribution < 1.29 is 14.7 Å². The number of amides is 1. The fraction of sp³-hybridized carbons (Fsp3) is 0.444. The number of aliphatic carboxylic acids is 1. The van der Waals surface area contributed by atoms with Gasteiger partial charge in [-0.05, 0) is 11.1 Å². The maximum atomic E-state index is 12.3. The minimum atomic E-state index is -1.26. The predicted octanol–water partition coefficient (Wildman–Crippen LogP) is 2.08. The molecule has 6 heteroatoms. The highest BCUT2D eigenvalue weighted by molar-refractivity contribution is 5.88. The summed E-state index contributed by atoms with van der Waals surface area (Å²) in [5.74, 6) is 1.25. The Kier molecular flexibility index (Phi) is 4.10. The molecule has 3 rings (SSSR count). The van der Waals surface area contributed by atoms with Crippen LogP contribution < -0.4 is 5.32 Å². The number of hydrogen-bond donors (Lipinski definition) is 2. The Labute approximate surface area is 140 Å². The van der Waals surface area contributed by atoms with Crippen LogP contribution in [0, 0.1) is 12.3 Å². The third kappa shape index (κ3) is 3.16. The van der Waals surface area contributed by atoms with Crippen LogP contribution in [0.4, 0.5) is 0 Å². The summed E-state index contributed by atoms with van der Waals surface area (Å²) >= 11 is 0. The maximum absolute atomic E-state index is 12.3. The number of nitrogens with zero attached hydrogens (tertiary/aromatic N) is 2. The van der Waals surface area contributed by atoms with Crippen LogP contribution in [0.3, 0.4) is 0 Å². The molecule has 2 aliphatic rings. The first-order valence-electron chi connectivity index (χ1n) is 7.97. The molecule has 1 aliphatic heterocycles. The molecular weight excluding hydrogens is 306 g/mol. The van der Waals surface area contributed by atoms with Gasteiger partial charge in [-0.1, -0.05) is 24.3 Å². The number of carbonyl (C=O) groups excluding carboxylic acids is 1. The second kappa shape index (κ2) is 6.08. The van der Waals surface area contributed by atoms with E-state index in [2.05, 4.69) is 21.5 Å². The minimum absolute atomic E-state index is 0.183. The van der Waals surface area contributed by atoms with E-state index < -0.39 is 17.2 Å². The van der Waals surface area contributed by atoms with Crippen LogP contribution in [-0.2, 0) is 22.4 Å². The number of hydrogen-bond acceptors (Lipinski definition) is 4. The highest BCUT2D eigenvalue weighted by Crippen LogP contribution is 2.38. The zero-order valence-corrected chi connectivity index (χ0v) is 13.3. The van der Waals surface area contributed by atoms with Crippen LogP contribution in [0.5, 0.6) is 0 Å². The highest BCUT2D eigenvalue weighted by Gasteiger charge is 2.46. The van der Waals surface area contributed by atoms with Gasteiger partial charge in [0.2, 0.25) is 5.91 Å². The Hall–Kier alpha value is -2.68. The topological polar surface area (TPSA) is 91.1 Å². The molecule has 0 unspecified atom stereocenters. The van der Waals surface area contributed by atoms with Gasteiger partial charge in [0.1, 0.15) is 5.54 Å². The Morgan fingerprint density at radius 3 is 2.33 bits per heavy atom. The fourth-order valence-corrected chi connectivity index (χ4v) is 3.22. The molecule has 1 aromatic carbocycles. The number of carboxylic acid groups (broad SMARTS) is 1. The van der Waals surface area contributed by atoms with Gasteiger partial charge >= 0.3 is 5.97 Å². The van der Waals surface area contributed by atoms with Crippen LogP contribution in [0.1, 0.15) is 36.8 Å². The molecule has 0 saturated carbocycles. The molecule has 0 saturated heterocycles. The Morgan fingerprint density at radius 1 is 1.21 bits per heavy atom. The average Bonchev–Trinajstić information content (AvgIpc) is 3.23. The molecular formula is C18H19N3O3. The van der Waals surface area contributed by atoms with E-state index in [0.717, 1.165) is 11.1 Å². The van der Waals surface area contributed by atoms with E-state index in [1.165, 1.54) is 0 Å². The van der Waals surface area contributed by atoms with E-state index in [1.54, 1.807) is 0 Å². The van der Waals surface area contributed by atoms with Crippen molar-refractivity contribution in [2.45, 2.75) is 49.7 Å². The SMILES string of the molecule is C#CCCC1(CCC(=O)NC2(C(=O)O)Cc3ccccc3C2)N=N1. The summed E-state index contributed by atoms with van der Waals surface area (Å²) in [5, 5.41) is 20.4. The molecule has 6 nitrogen and oxygen atoms in total. The molecule has 124 valence electrons. The van der Waals surface area contributed by atoms with Gasteiger partial charge in [-0.25, -0.2) is 4.79 Å². The van der Waals surface area contributed by atoms with Gasteiger partial charge in [-0.2, -0.15) is 10.2 Å². The molecule has 0 atom stereocenters. The average molecular weight is 325 g/mol.